The van der Waals surface area contributed by atoms with Crippen molar-refractivity contribution in [3.63, 3.8) is 0 Å². The zero-order valence-corrected chi connectivity index (χ0v) is 32.4. The van der Waals surface area contributed by atoms with Crippen LogP contribution in [0.5, 0.6) is 0 Å². The third-order valence-electron chi connectivity index (χ3n) is 10.5. The summed E-state index contributed by atoms with van der Waals surface area (Å²) in [6.45, 7) is 41.0. The van der Waals surface area contributed by atoms with E-state index >= 15 is 0 Å². The Balaban J connectivity index is 2.21. The van der Waals surface area contributed by atoms with E-state index in [0.717, 1.165) is 17.8 Å². The molecule has 1 atom stereocenters. The van der Waals surface area contributed by atoms with Crippen molar-refractivity contribution >= 4 is 46.8 Å². The number of hydrogen-bond donors (Lipinski definition) is 0. The first-order valence-electron chi connectivity index (χ1n) is 14.9. The minimum Gasteiger partial charge on any atom is -0.411 e. The molecule has 1 heterocycles. The standard InChI is InChI=1S/C28H60OSi6/c1-30(2,3)25-26(31(4,5)6)35(33(10,11)12,34(13,14)15)28(25,29-32(7,8)9)27-19-22-16-23(20-27)18-24(17-22)21-27/h22-24H,16-21H2,1-15H3. The molecule has 5 aliphatic rings. The van der Waals surface area contributed by atoms with Gasteiger partial charge in [0.05, 0.1) is 21.4 Å². The van der Waals surface area contributed by atoms with Crippen LogP contribution >= 0.6 is 0 Å². The van der Waals surface area contributed by atoms with Crippen molar-refractivity contribution < 1.29 is 4.43 Å². The third kappa shape index (κ3) is 3.97. The maximum Gasteiger partial charge on any atom is 0.184 e. The zero-order valence-electron chi connectivity index (χ0n) is 26.4. The lowest BCUT2D eigenvalue weighted by Gasteiger charge is -2.81. The maximum absolute atomic E-state index is 8.25. The number of rotatable bonds is 7. The Morgan fingerprint density at radius 2 is 0.971 bits per heavy atom. The van der Waals surface area contributed by atoms with Gasteiger partial charge in [0.15, 0.2) is 8.32 Å². The van der Waals surface area contributed by atoms with Gasteiger partial charge in [0, 0.05) is 15.2 Å². The van der Waals surface area contributed by atoms with Crippen molar-refractivity contribution in [2.45, 2.75) is 142 Å². The van der Waals surface area contributed by atoms with Gasteiger partial charge in [-0.25, -0.2) is 0 Å². The van der Waals surface area contributed by atoms with E-state index in [4.69, 9.17) is 4.43 Å². The summed E-state index contributed by atoms with van der Waals surface area (Å²) >= 11 is 0. The first-order valence-corrected chi connectivity index (χ1v) is 36.3. The molecule has 35 heavy (non-hydrogen) atoms. The second-order valence-corrected chi connectivity index (χ2v) is 60.2. The quantitative estimate of drug-likeness (QED) is 0.273. The Labute approximate surface area is 225 Å². The van der Waals surface area contributed by atoms with E-state index in [0.29, 0.717) is 5.41 Å². The van der Waals surface area contributed by atoms with Crippen LogP contribution < -0.4 is 0 Å². The zero-order chi connectivity index (χ0) is 26.8. The van der Waals surface area contributed by atoms with Crippen molar-refractivity contribution in [2.24, 2.45) is 23.2 Å². The Kier molecular flexibility index (Phi) is 6.65. The minimum atomic E-state index is -1.89. The van der Waals surface area contributed by atoms with Gasteiger partial charge in [0.1, 0.15) is 7.11 Å². The molecule has 0 amide bonds. The van der Waals surface area contributed by atoms with Crippen molar-refractivity contribution in [1.82, 2.24) is 0 Å². The monoisotopic (exact) mass is 580 g/mol. The van der Waals surface area contributed by atoms with E-state index in [-0.39, 0.29) is 5.22 Å². The molecule has 0 saturated heterocycles. The summed E-state index contributed by atoms with van der Waals surface area (Å²) < 4.78 is 8.25. The highest BCUT2D eigenvalue weighted by Gasteiger charge is 2.84. The van der Waals surface area contributed by atoms with Crippen LogP contribution in [0.2, 0.25) is 98.2 Å². The maximum atomic E-state index is 8.25. The van der Waals surface area contributed by atoms with E-state index < -0.39 is 46.8 Å². The summed E-state index contributed by atoms with van der Waals surface area (Å²) in [7, 11) is -9.86. The van der Waals surface area contributed by atoms with Crippen molar-refractivity contribution in [3.8, 4) is 0 Å². The average molecular weight is 581 g/mol. The summed E-state index contributed by atoms with van der Waals surface area (Å²) in [5.41, 5.74) is 0.466. The fourth-order valence-corrected chi connectivity index (χ4v) is 93.1. The van der Waals surface area contributed by atoms with E-state index in [1.54, 1.807) is 19.3 Å². The Morgan fingerprint density at radius 1 is 0.600 bits per heavy atom. The van der Waals surface area contributed by atoms with E-state index in [1.165, 1.54) is 19.3 Å². The summed E-state index contributed by atoms with van der Waals surface area (Å²) in [4.78, 5) is 2.21. The van der Waals surface area contributed by atoms with Crippen LogP contribution in [0.15, 0.2) is 10.0 Å². The fraction of sp³-hybridized carbons (Fsp3) is 0.929. The molecule has 0 aromatic carbocycles. The van der Waals surface area contributed by atoms with Crippen molar-refractivity contribution in [1.29, 1.82) is 0 Å². The van der Waals surface area contributed by atoms with Crippen LogP contribution in [0.25, 0.3) is 0 Å². The van der Waals surface area contributed by atoms with E-state index in [9.17, 15) is 0 Å². The largest absolute Gasteiger partial charge is 0.411 e. The second-order valence-electron chi connectivity index (χ2n) is 18.6. The van der Waals surface area contributed by atoms with Gasteiger partial charge in [-0.1, -0.05) is 88.6 Å². The van der Waals surface area contributed by atoms with Gasteiger partial charge in [-0.3, -0.25) is 0 Å². The normalized spacial score (nSPS) is 37.6. The van der Waals surface area contributed by atoms with Gasteiger partial charge in [-0.15, -0.1) is 0 Å². The first kappa shape index (κ1) is 29.0. The molecule has 0 N–H and O–H groups in total. The highest BCUT2D eigenvalue weighted by Crippen LogP contribution is 2.75. The van der Waals surface area contributed by atoms with Crippen LogP contribution in [0.1, 0.15) is 38.5 Å². The van der Waals surface area contributed by atoms with E-state index in [1.807, 2.05) is 5.20 Å². The predicted octanol–water partition coefficient (Wildman–Crippen LogP) is 9.22. The molecule has 0 aromatic rings. The number of hydrogen-bond acceptors (Lipinski definition) is 1. The Hall–Kier alpha value is 1.00. The van der Waals surface area contributed by atoms with Gasteiger partial charge in [0.25, 0.3) is 0 Å². The minimum absolute atomic E-state index is 0.176. The van der Waals surface area contributed by atoms with Crippen LogP contribution in [0, 0.1) is 23.2 Å². The molecule has 202 valence electrons. The second kappa shape index (κ2) is 8.03. The highest BCUT2D eigenvalue weighted by molar-refractivity contribution is 7.75. The molecule has 0 aromatic heterocycles. The molecule has 4 aliphatic carbocycles. The smallest absolute Gasteiger partial charge is 0.184 e. The Morgan fingerprint density at radius 3 is 1.23 bits per heavy atom. The molecule has 0 spiro atoms. The molecule has 4 fully saturated rings. The SMILES string of the molecule is C[Si](C)(C)OC1(C23CC4CC(CC(C4)C2)C3)C([Si](C)(C)C)=C([Si](C)(C)C)[Si]1([Si](C)(C)C)[Si](C)(C)C. The summed E-state index contributed by atoms with van der Waals surface area (Å²) in [6, 6.07) is 0. The Bertz CT molecular complexity index is 853. The molecule has 1 nitrogen and oxygen atoms in total. The molecule has 4 bridgehead atoms. The lowest BCUT2D eigenvalue weighted by atomic mass is 9.48. The molecule has 1 aliphatic heterocycles. The predicted molar refractivity (Wildman–Crippen MR) is 174 cm³/mol. The molecule has 0 radical (unpaired) electrons. The summed E-state index contributed by atoms with van der Waals surface area (Å²) in [5, 5.41) is 2.22. The highest BCUT2D eigenvalue weighted by atomic mass is 29.6. The molecular weight excluding hydrogens is 521 g/mol. The van der Waals surface area contributed by atoms with E-state index in [2.05, 4.69) is 103 Å². The fourth-order valence-electron chi connectivity index (χ4n) is 11.3. The molecule has 7 heteroatoms. The summed E-state index contributed by atoms with van der Waals surface area (Å²) in [5.74, 6) is 2.99. The van der Waals surface area contributed by atoms with Gasteiger partial charge >= 0.3 is 0 Å². The molecule has 5 rings (SSSR count). The molecule has 4 saturated carbocycles. The molecule has 1 unspecified atom stereocenters. The van der Waals surface area contributed by atoms with Crippen LogP contribution in [0.4, 0.5) is 0 Å². The van der Waals surface area contributed by atoms with Crippen LogP contribution in [0.3, 0.4) is 0 Å². The topological polar surface area (TPSA) is 9.23 Å². The summed E-state index contributed by atoms with van der Waals surface area (Å²) in [6.07, 6.45) is 9.18. The van der Waals surface area contributed by atoms with Crippen LogP contribution in [-0.4, -0.2) is 52.0 Å². The van der Waals surface area contributed by atoms with Crippen molar-refractivity contribution in [2.75, 3.05) is 0 Å². The lowest BCUT2D eigenvalue weighted by Crippen LogP contribution is -2.97. The van der Waals surface area contributed by atoms with Gasteiger partial charge in [-0.2, -0.15) is 0 Å². The van der Waals surface area contributed by atoms with Gasteiger partial charge in [-0.05, 0) is 81.3 Å². The van der Waals surface area contributed by atoms with Crippen LogP contribution in [-0.2, 0) is 4.43 Å². The lowest BCUT2D eigenvalue weighted by molar-refractivity contribution is -0.123. The average Bonchev–Trinajstić information content (AvgIpc) is 2.50. The van der Waals surface area contributed by atoms with Crippen molar-refractivity contribution in [3.05, 3.63) is 10.0 Å². The van der Waals surface area contributed by atoms with Gasteiger partial charge in [0.2, 0.25) is 0 Å². The first-order chi connectivity index (χ1) is 15.4. The third-order valence-corrected chi connectivity index (χ3v) is 59.2. The van der Waals surface area contributed by atoms with Gasteiger partial charge < -0.3 is 4.43 Å². The molecular formula is C28H60OSi6.